The van der Waals surface area contributed by atoms with Gasteiger partial charge in [0.2, 0.25) is 5.95 Å². The second-order valence-corrected chi connectivity index (χ2v) is 9.89. The minimum absolute atomic E-state index is 0.0205. The van der Waals surface area contributed by atoms with Gasteiger partial charge in [-0.25, -0.2) is 14.8 Å². The Kier molecular flexibility index (Phi) is 6.35. The highest BCUT2D eigenvalue weighted by atomic mass is 16.2. The summed E-state index contributed by atoms with van der Waals surface area (Å²) in [6, 6.07) is 8.11. The van der Waals surface area contributed by atoms with E-state index in [0.29, 0.717) is 18.4 Å². The first-order valence-electron chi connectivity index (χ1n) is 11.4. The van der Waals surface area contributed by atoms with Crippen molar-refractivity contribution in [3.05, 3.63) is 54.0 Å². The summed E-state index contributed by atoms with van der Waals surface area (Å²) in [7, 11) is 1.86. The highest BCUT2D eigenvalue weighted by molar-refractivity contribution is 5.74. The summed E-state index contributed by atoms with van der Waals surface area (Å²) in [6.07, 6.45) is 6.41. The second-order valence-electron chi connectivity index (χ2n) is 9.89. The summed E-state index contributed by atoms with van der Waals surface area (Å²) in [4.78, 5) is 23.5. The lowest BCUT2D eigenvalue weighted by Gasteiger charge is -2.27. The van der Waals surface area contributed by atoms with E-state index < -0.39 is 0 Å². The summed E-state index contributed by atoms with van der Waals surface area (Å²) in [5.74, 6) is 1.07. The van der Waals surface area contributed by atoms with Crippen LogP contribution in [0, 0.1) is 18.3 Å². The fourth-order valence-electron chi connectivity index (χ4n) is 4.18. The highest BCUT2D eigenvalue weighted by Gasteiger charge is 2.33. The molecule has 1 aliphatic rings. The van der Waals surface area contributed by atoms with Crippen LogP contribution in [0.2, 0.25) is 0 Å². The van der Waals surface area contributed by atoms with Gasteiger partial charge >= 0.3 is 6.03 Å². The molecule has 0 bridgehead atoms. The molecule has 0 spiro atoms. The highest BCUT2D eigenvalue weighted by Crippen LogP contribution is 2.33. The van der Waals surface area contributed by atoms with Crippen molar-refractivity contribution in [3.63, 3.8) is 0 Å². The predicted octanol–water partition coefficient (Wildman–Crippen LogP) is 4.51. The monoisotopic (exact) mass is 447 g/mol. The number of anilines is 2. The molecule has 3 aromatic rings. The van der Waals surface area contributed by atoms with E-state index in [9.17, 15) is 4.79 Å². The molecule has 2 amide bonds. The molecule has 33 heavy (non-hydrogen) atoms. The normalized spacial score (nSPS) is 16.2. The van der Waals surface area contributed by atoms with Crippen LogP contribution in [-0.2, 0) is 13.6 Å². The second kappa shape index (κ2) is 9.21. The third-order valence-electron chi connectivity index (χ3n) is 6.39. The molecule has 1 atom stereocenters. The number of aromatic nitrogens is 4. The molecule has 1 aliphatic heterocycles. The van der Waals surface area contributed by atoms with Crippen molar-refractivity contribution in [3.8, 4) is 11.3 Å². The van der Waals surface area contributed by atoms with Crippen LogP contribution < -0.4 is 10.6 Å². The van der Waals surface area contributed by atoms with Crippen molar-refractivity contribution in [1.29, 1.82) is 0 Å². The van der Waals surface area contributed by atoms with Crippen molar-refractivity contribution in [2.24, 2.45) is 18.4 Å². The standard InChI is InChI=1S/C25H33N7O/c1-17-12-18(22-8-10-26-23(30-22)29-21-14-28-31(5)16-21)6-7-19(17)13-27-24(33)32-11-9-20(15-32)25(2,3)4/h6-8,10,12,14,16,20H,9,11,13,15H2,1-5H3,(H,27,33)(H,26,29,30). The van der Waals surface area contributed by atoms with Gasteiger partial charge in [-0.15, -0.1) is 0 Å². The van der Waals surface area contributed by atoms with Crippen LogP contribution in [0.1, 0.15) is 38.3 Å². The topological polar surface area (TPSA) is 88.0 Å². The molecule has 0 radical (unpaired) electrons. The Balaban J connectivity index is 1.38. The molecule has 8 nitrogen and oxygen atoms in total. The molecule has 1 saturated heterocycles. The van der Waals surface area contributed by atoms with Crippen LogP contribution in [0.3, 0.4) is 0 Å². The zero-order valence-corrected chi connectivity index (χ0v) is 20.1. The lowest BCUT2D eigenvalue weighted by Crippen LogP contribution is -2.39. The number of aryl methyl sites for hydroxylation is 2. The molecular formula is C25H33N7O. The van der Waals surface area contributed by atoms with E-state index >= 15 is 0 Å². The number of amides is 2. The fourth-order valence-corrected chi connectivity index (χ4v) is 4.18. The lowest BCUT2D eigenvalue weighted by atomic mass is 9.80. The average molecular weight is 448 g/mol. The smallest absolute Gasteiger partial charge is 0.317 e. The quantitative estimate of drug-likeness (QED) is 0.601. The summed E-state index contributed by atoms with van der Waals surface area (Å²) in [5, 5.41) is 10.4. The molecule has 0 aliphatic carbocycles. The van der Waals surface area contributed by atoms with Gasteiger partial charge in [0.25, 0.3) is 0 Å². The summed E-state index contributed by atoms with van der Waals surface area (Å²) >= 11 is 0. The Morgan fingerprint density at radius 1 is 1.24 bits per heavy atom. The van der Waals surface area contributed by atoms with E-state index in [2.05, 4.69) is 65.5 Å². The Hall–Kier alpha value is -3.42. The molecule has 4 rings (SSSR count). The zero-order chi connectivity index (χ0) is 23.6. The maximum Gasteiger partial charge on any atom is 0.317 e. The largest absolute Gasteiger partial charge is 0.334 e. The minimum Gasteiger partial charge on any atom is -0.334 e. The minimum atomic E-state index is 0.0205. The summed E-state index contributed by atoms with van der Waals surface area (Å²) in [6.45, 7) is 11.0. The number of carbonyl (C=O) groups is 1. The van der Waals surface area contributed by atoms with Gasteiger partial charge < -0.3 is 15.5 Å². The first kappa shape index (κ1) is 22.8. The molecular weight excluding hydrogens is 414 g/mol. The van der Waals surface area contributed by atoms with E-state index in [-0.39, 0.29) is 11.4 Å². The molecule has 0 saturated carbocycles. The van der Waals surface area contributed by atoms with E-state index in [0.717, 1.165) is 47.6 Å². The lowest BCUT2D eigenvalue weighted by molar-refractivity contribution is 0.196. The Labute approximate surface area is 195 Å². The van der Waals surface area contributed by atoms with Crippen LogP contribution in [0.4, 0.5) is 16.4 Å². The van der Waals surface area contributed by atoms with E-state index in [4.69, 9.17) is 0 Å². The first-order chi connectivity index (χ1) is 15.7. The van der Waals surface area contributed by atoms with Crippen LogP contribution in [0.5, 0.6) is 0 Å². The van der Waals surface area contributed by atoms with E-state index in [1.54, 1.807) is 17.1 Å². The number of benzene rings is 1. The van der Waals surface area contributed by atoms with Gasteiger partial charge in [0.05, 0.1) is 17.6 Å². The molecule has 1 fully saturated rings. The summed E-state index contributed by atoms with van der Waals surface area (Å²) < 4.78 is 1.72. The van der Waals surface area contributed by atoms with Gasteiger partial charge in [-0.05, 0) is 47.9 Å². The van der Waals surface area contributed by atoms with Crippen LogP contribution in [-0.4, -0.2) is 43.8 Å². The summed E-state index contributed by atoms with van der Waals surface area (Å²) in [5.41, 5.74) is 5.12. The van der Waals surface area contributed by atoms with Gasteiger partial charge in [0.15, 0.2) is 0 Å². The van der Waals surface area contributed by atoms with Gasteiger partial charge in [-0.1, -0.05) is 32.9 Å². The zero-order valence-electron chi connectivity index (χ0n) is 20.1. The third-order valence-corrected chi connectivity index (χ3v) is 6.39. The number of hydrogen-bond acceptors (Lipinski definition) is 5. The molecule has 3 heterocycles. The van der Waals surface area contributed by atoms with E-state index in [1.165, 1.54) is 0 Å². The molecule has 174 valence electrons. The van der Waals surface area contributed by atoms with Crippen molar-refractivity contribution < 1.29 is 4.79 Å². The Morgan fingerprint density at radius 2 is 2.06 bits per heavy atom. The molecule has 1 unspecified atom stereocenters. The number of rotatable bonds is 5. The number of carbonyl (C=O) groups excluding carboxylic acids is 1. The third kappa shape index (κ3) is 5.50. The number of hydrogen-bond donors (Lipinski definition) is 2. The van der Waals surface area contributed by atoms with Crippen molar-refractivity contribution in [2.45, 2.75) is 40.7 Å². The van der Waals surface area contributed by atoms with Crippen LogP contribution >= 0.6 is 0 Å². The SMILES string of the molecule is Cc1cc(-c2ccnc(Nc3cnn(C)c3)n2)ccc1CNC(=O)N1CCC(C(C)(C)C)C1. The van der Waals surface area contributed by atoms with Crippen molar-refractivity contribution in [2.75, 3.05) is 18.4 Å². The molecule has 2 aromatic heterocycles. The van der Waals surface area contributed by atoms with Crippen LogP contribution in [0.25, 0.3) is 11.3 Å². The van der Waals surface area contributed by atoms with E-state index in [1.807, 2.05) is 30.3 Å². The van der Waals surface area contributed by atoms with Gasteiger partial charge in [0.1, 0.15) is 0 Å². The number of likely N-dealkylation sites (tertiary alicyclic amines) is 1. The number of nitrogens with zero attached hydrogens (tertiary/aromatic N) is 5. The molecule has 8 heteroatoms. The number of urea groups is 1. The number of nitrogens with one attached hydrogen (secondary N) is 2. The van der Waals surface area contributed by atoms with Gasteiger partial charge in [0, 0.05) is 44.6 Å². The maximum absolute atomic E-state index is 12.7. The van der Waals surface area contributed by atoms with Crippen molar-refractivity contribution >= 4 is 17.7 Å². The van der Waals surface area contributed by atoms with Crippen molar-refractivity contribution in [1.82, 2.24) is 30.0 Å². The van der Waals surface area contributed by atoms with Gasteiger partial charge in [-0.2, -0.15) is 5.10 Å². The predicted molar refractivity (Wildman–Crippen MR) is 130 cm³/mol. The fraction of sp³-hybridized carbons (Fsp3) is 0.440. The van der Waals surface area contributed by atoms with Crippen LogP contribution in [0.15, 0.2) is 42.9 Å². The molecule has 2 N–H and O–H groups in total. The Bertz CT molecular complexity index is 1130. The maximum atomic E-state index is 12.7. The van der Waals surface area contributed by atoms with Gasteiger partial charge in [-0.3, -0.25) is 4.68 Å². The Morgan fingerprint density at radius 3 is 2.73 bits per heavy atom. The molecule has 1 aromatic carbocycles. The average Bonchev–Trinajstić information content (AvgIpc) is 3.42. The first-order valence-corrected chi connectivity index (χ1v) is 11.4.